The molecule has 0 bridgehead atoms. The Labute approximate surface area is 220 Å². The molecule has 198 valence electrons. The van der Waals surface area contributed by atoms with Gasteiger partial charge in [-0.15, -0.1) is 0 Å². The highest BCUT2D eigenvalue weighted by Gasteiger charge is 2.50. The molecule has 1 aliphatic rings. The van der Waals surface area contributed by atoms with Gasteiger partial charge < -0.3 is 9.84 Å². The van der Waals surface area contributed by atoms with Gasteiger partial charge in [-0.1, -0.05) is 70.2 Å². The summed E-state index contributed by atoms with van der Waals surface area (Å²) in [6.45, 7) is 9.01. The molecule has 0 heterocycles. The van der Waals surface area contributed by atoms with E-state index in [1.807, 2.05) is 19.9 Å². The molecule has 0 aliphatic heterocycles. The number of carbonyl (C=O) groups is 2. The molecule has 0 fully saturated rings. The van der Waals surface area contributed by atoms with Crippen LogP contribution in [0.25, 0.3) is 11.1 Å². The van der Waals surface area contributed by atoms with E-state index in [0.29, 0.717) is 22.3 Å². The van der Waals surface area contributed by atoms with Crippen LogP contribution in [0.5, 0.6) is 5.75 Å². The predicted octanol–water partition coefficient (Wildman–Crippen LogP) is 6.89. The van der Waals surface area contributed by atoms with Gasteiger partial charge in [-0.3, -0.25) is 14.9 Å². The molecule has 3 aromatic rings. The molecule has 1 atom stereocenters. The maximum absolute atomic E-state index is 15.3. The minimum atomic E-state index is -1.27. The smallest absolute Gasteiger partial charge is 0.336 e. The lowest BCUT2D eigenvalue weighted by Gasteiger charge is -2.44. The first-order chi connectivity index (χ1) is 17.8. The Morgan fingerprint density at radius 1 is 1.08 bits per heavy atom. The van der Waals surface area contributed by atoms with Gasteiger partial charge in [-0.25, -0.2) is 9.18 Å². The fraction of sp³-hybridized carbons (Fsp3) is 0.333. The van der Waals surface area contributed by atoms with Crippen LogP contribution in [-0.4, -0.2) is 34.6 Å². The molecular weight excluding hydrogens is 489 g/mol. The summed E-state index contributed by atoms with van der Waals surface area (Å²) in [4.78, 5) is 36.6. The Balaban J connectivity index is 1.91. The molecule has 0 aromatic heterocycles. The minimum Gasteiger partial charge on any atom is -0.487 e. The molecule has 0 saturated heterocycles. The van der Waals surface area contributed by atoms with Gasteiger partial charge in [-0.2, -0.15) is 0 Å². The molecular formula is C30H30FNO6. The molecule has 0 radical (unpaired) electrons. The third kappa shape index (κ3) is 4.44. The Kier molecular flexibility index (Phi) is 6.86. The number of hydrogen-bond acceptors (Lipinski definition) is 5. The van der Waals surface area contributed by atoms with Gasteiger partial charge in [0.25, 0.3) is 0 Å². The van der Waals surface area contributed by atoms with E-state index in [0.717, 1.165) is 0 Å². The highest BCUT2D eigenvalue weighted by molar-refractivity contribution is 6.14. The number of aromatic carboxylic acids is 1. The summed E-state index contributed by atoms with van der Waals surface area (Å²) in [6, 6.07) is 14.3. The van der Waals surface area contributed by atoms with Gasteiger partial charge in [0, 0.05) is 27.7 Å². The molecule has 7 nitrogen and oxygen atoms in total. The number of rotatable bonds is 7. The number of fused-ring (bicyclic) bond motifs is 1. The second-order valence-electron chi connectivity index (χ2n) is 10.7. The number of nitro groups is 1. The summed E-state index contributed by atoms with van der Waals surface area (Å²) in [6.07, 6.45) is -1.06. The van der Waals surface area contributed by atoms with Gasteiger partial charge >= 0.3 is 11.7 Å². The molecule has 1 unspecified atom stereocenters. The van der Waals surface area contributed by atoms with Crippen LogP contribution in [0.1, 0.15) is 78.4 Å². The summed E-state index contributed by atoms with van der Waals surface area (Å²) >= 11 is 0. The van der Waals surface area contributed by atoms with Crippen LogP contribution >= 0.6 is 0 Å². The van der Waals surface area contributed by atoms with Crippen LogP contribution in [0.15, 0.2) is 54.6 Å². The van der Waals surface area contributed by atoms with Gasteiger partial charge in [0.2, 0.25) is 5.75 Å². The van der Waals surface area contributed by atoms with E-state index in [2.05, 4.69) is 0 Å². The lowest BCUT2D eigenvalue weighted by Crippen LogP contribution is -2.43. The van der Waals surface area contributed by atoms with Crippen LogP contribution in [0, 0.1) is 10.1 Å². The average molecular weight is 520 g/mol. The van der Waals surface area contributed by atoms with Gasteiger partial charge in [0.05, 0.1) is 17.1 Å². The van der Waals surface area contributed by atoms with Crippen LogP contribution in [0.2, 0.25) is 0 Å². The lowest BCUT2D eigenvalue weighted by molar-refractivity contribution is -0.387. The molecule has 3 aromatic carbocycles. The summed E-state index contributed by atoms with van der Waals surface area (Å²) < 4.78 is 21.2. The quantitative estimate of drug-likeness (QED) is 0.207. The molecule has 8 heteroatoms. The minimum absolute atomic E-state index is 0.0597. The maximum Gasteiger partial charge on any atom is 0.336 e. The number of alkyl halides is 1. The zero-order valence-electron chi connectivity index (χ0n) is 22.0. The molecule has 38 heavy (non-hydrogen) atoms. The largest absolute Gasteiger partial charge is 0.487 e. The van der Waals surface area contributed by atoms with Gasteiger partial charge in [-0.05, 0) is 42.0 Å². The lowest BCUT2D eigenvalue weighted by atomic mass is 9.61. The number of nitrogens with zero attached hydrogens (tertiary/aromatic N) is 1. The first kappa shape index (κ1) is 27.0. The van der Waals surface area contributed by atoms with E-state index in [9.17, 15) is 24.8 Å². The summed E-state index contributed by atoms with van der Waals surface area (Å²) in [5.41, 5.74) is 0.342. The second-order valence-corrected chi connectivity index (χ2v) is 10.7. The Morgan fingerprint density at radius 2 is 1.68 bits per heavy atom. The van der Waals surface area contributed by atoms with Crippen LogP contribution < -0.4 is 4.74 Å². The molecule has 4 rings (SSSR count). The van der Waals surface area contributed by atoms with Crippen molar-refractivity contribution in [3.63, 3.8) is 0 Å². The first-order valence-corrected chi connectivity index (χ1v) is 12.4. The molecule has 1 N–H and O–H groups in total. The van der Waals surface area contributed by atoms with Crippen molar-refractivity contribution >= 4 is 17.4 Å². The standard InChI is InChI=1S/C30H30FNO6/c1-6-38-27-21(15-22-24(25(27)32(36)37)30(4,5)23(31)16-29(22,2)3)17-11-13-18(14-12-17)26(33)19-9-7-8-10-20(19)28(34)35/h7-15,23H,6,16H2,1-5H3,(H,34,35). The Hall–Kier alpha value is -4.07. The average Bonchev–Trinajstić information content (AvgIpc) is 2.86. The van der Waals surface area contributed by atoms with E-state index in [-0.39, 0.29) is 41.2 Å². The van der Waals surface area contributed by atoms with Crippen LogP contribution in [0.3, 0.4) is 0 Å². The fourth-order valence-electron chi connectivity index (χ4n) is 5.31. The van der Waals surface area contributed by atoms with E-state index < -0.39 is 33.7 Å². The zero-order chi connectivity index (χ0) is 28.0. The number of carbonyl (C=O) groups excluding carboxylic acids is 1. The van der Waals surface area contributed by atoms with Crippen molar-refractivity contribution in [2.75, 3.05) is 6.61 Å². The first-order valence-electron chi connectivity index (χ1n) is 12.4. The molecule has 0 amide bonds. The van der Waals surface area contributed by atoms with Crippen molar-refractivity contribution in [2.45, 2.75) is 58.0 Å². The van der Waals surface area contributed by atoms with E-state index >= 15 is 4.39 Å². The topological polar surface area (TPSA) is 107 Å². The van der Waals surface area contributed by atoms with Crippen LogP contribution in [0.4, 0.5) is 10.1 Å². The van der Waals surface area contributed by atoms with Crippen molar-refractivity contribution in [1.82, 2.24) is 0 Å². The van der Waals surface area contributed by atoms with E-state index in [1.165, 1.54) is 12.1 Å². The fourth-order valence-corrected chi connectivity index (χ4v) is 5.31. The SMILES string of the molecule is CCOc1c(-c2ccc(C(=O)c3ccccc3C(=O)O)cc2)cc2c(c1[N+](=O)[O-])C(C)(C)C(F)CC2(C)C. The predicted molar refractivity (Wildman–Crippen MR) is 142 cm³/mol. The van der Waals surface area contributed by atoms with E-state index in [1.54, 1.807) is 57.2 Å². The highest BCUT2D eigenvalue weighted by Crippen LogP contribution is 2.55. The third-order valence-electron chi connectivity index (χ3n) is 7.43. The third-order valence-corrected chi connectivity index (χ3v) is 7.43. The Bertz CT molecular complexity index is 1440. The van der Waals surface area contributed by atoms with Gasteiger partial charge in [0.1, 0.15) is 6.17 Å². The number of halogens is 1. The van der Waals surface area contributed by atoms with Gasteiger partial charge in [0.15, 0.2) is 5.78 Å². The molecule has 0 saturated carbocycles. The molecule has 0 spiro atoms. The number of hydrogen-bond donors (Lipinski definition) is 1. The number of benzene rings is 3. The summed E-state index contributed by atoms with van der Waals surface area (Å²) in [5.74, 6) is -1.59. The summed E-state index contributed by atoms with van der Waals surface area (Å²) in [5, 5.41) is 21.9. The molecule has 1 aliphatic carbocycles. The van der Waals surface area contributed by atoms with Crippen molar-refractivity contribution in [3.05, 3.63) is 92.5 Å². The zero-order valence-corrected chi connectivity index (χ0v) is 22.0. The normalized spacial score (nSPS) is 17.4. The number of carboxylic acid groups (broad SMARTS) is 1. The van der Waals surface area contributed by atoms with Crippen molar-refractivity contribution in [1.29, 1.82) is 0 Å². The highest BCUT2D eigenvalue weighted by atomic mass is 19.1. The monoisotopic (exact) mass is 519 g/mol. The number of ketones is 1. The maximum atomic E-state index is 15.3. The van der Waals surface area contributed by atoms with Crippen molar-refractivity contribution in [3.8, 4) is 16.9 Å². The second kappa shape index (κ2) is 9.67. The van der Waals surface area contributed by atoms with Crippen molar-refractivity contribution in [2.24, 2.45) is 0 Å². The number of ether oxygens (including phenoxy) is 1. The Morgan fingerprint density at radius 3 is 2.24 bits per heavy atom. The van der Waals surface area contributed by atoms with Crippen LogP contribution in [-0.2, 0) is 10.8 Å². The van der Waals surface area contributed by atoms with E-state index in [4.69, 9.17) is 4.74 Å². The summed E-state index contributed by atoms with van der Waals surface area (Å²) in [7, 11) is 0. The number of carboxylic acids is 1. The van der Waals surface area contributed by atoms with Crippen molar-refractivity contribution < 1.29 is 28.7 Å². The number of nitro benzene ring substituents is 1.